The van der Waals surface area contributed by atoms with Crippen LogP contribution in [0.2, 0.25) is 0 Å². The number of urea groups is 1. The van der Waals surface area contributed by atoms with Crippen LogP contribution in [0, 0.1) is 5.92 Å². The molecule has 0 heterocycles. The van der Waals surface area contributed by atoms with Gasteiger partial charge in [-0.1, -0.05) is 13.8 Å². The fraction of sp³-hybridized carbons (Fsp3) is 0.769. The second kappa shape index (κ2) is 9.17. The number of nitrogens with two attached hydrogens (primary N) is 1. The summed E-state index contributed by atoms with van der Waals surface area (Å²) < 4.78 is 0. The summed E-state index contributed by atoms with van der Waals surface area (Å²) >= 11 is 0. The molecule has 0 aromatic heterocycles. The van der Waals surface area contributed by atoms with Crippen LogP contribution in [0.4, 0.5) is 4.79 Å². The number of nitrogens with one attached hydrogen (secondary N) is 1. The van der Waals surface area contributed by atoms with Gasteiger partial charge in [0.1, 0.15) is 6.04 Å². The first kappa shape index (κ1) is 19.2. The molecule has 4 N–H and O–H groups in total. The summed E-state index contributed by atoms with van der Waals surface area (Å²) in [5, 5.41) is 11.3. The summed E-state index contributed by atoms with van der Waals surface area (Å²) in [6, 6.07) is -1.80. The summed E-state index contributed by atoms with van der Waals surface area (Å²) in [5.74, 6) is -1.80. The van der Waals surface area contributed by atoms with Gasteiger partial charge in [-0.25, -0.2) is 9.59 Å². The third-order valence-electron chi connectivity index (χ3n) is 2.69. The SMILES string of the molecule is CC(C)CN(CCN(C)C)C(=O)N[C@H](CC(N)=O)C(=O)O. The first-order valence-corrected chi connectivity index (χ1v) is 6.84. The smallest absolute Gasteiger partial charge is 0.326 e. The zero-order valence-corrected chi connectivity index (χ0v) is 13.1. The van der Waals surface area contributed by atoms with Crippen molar-refractivity contribution < 1.29 is 19.5 Å². The minimum Gasteiger partial charge on any atom is -0.480 e. The Labute approximate surface area is 125 Å². The fourth-order valence-corrected chi connectivity index (χ4v) is 1.68. The van der Waals surface area contributed by atoms with E-state index < -0.39 is 30.4 Å². The van der Waals surface area contributed by atoms with Gasteiger partial charge in [-0.15, -0.1) is 0 Å². The van der Waals surface area contributed by atoms with Gasteiger partial charge in [0.25, 0.3) is 0 Å². The Bertz CT molecular complexity index is 371. The van der Waals surface area contributed by atoms with Crippen LogP contribution < -0.4 is 11.1 Å². The molecule has 0 saturated carbocycles. The molecule has 0 rings (SSSR count). The standard InChI is InChI=1S/C13H26N4O4/c1-9(2)8-17(6-5-16(3)4)13(21)15-10(12(19)20)7-11(14)18/h9-10H,5-8H2,1-4H3,(H2,14,18)(H,15,21)(H,19,20)/t10-/m1/s1. The molecule has 0 saturated heterocycles. The second-order valence-electron chi connectivity index (χ2n) is 5.65. The quantitative estimate of drug-likeness (QED) is 0.533. The van der Waals surface area contributed by atoms with Gasteiger partial charge in [-0.05, 0) is 20.0 Å². The van der Waals surface area contributed by atoms with Gasteiger partial charge >= 0.3 is 12.0 Å². The first-order valence-electron chi connectivity index (χ1n) is 6.84. The van der Waals surface area contributed by atoms with Crippen LogP contribution >= 0.6 is 0 Å². The van der Waals surface area contributed by atoms with Gasteiger partial charge in [-0.2, -0.15) is 0 Å². The van der Waals surface area contributed by atoms with E-state index in [4.69, 9.17) is 10.8 Å². The van der Waals surface area contributed by atoms with E-state index in [9.17, 15) is 14.4 Å². The lowest BCUT2D eigenvalue weighted by Gasteiger charge is -2.27. The Morgan fingerprint density at radius 2 is 1.76 bits per heavy atom. The molecule has 0 bridgehead atoms. The lowest BCUT2D eigenvalue weighted by molar-refractivity contribution is -0.141. The lowest BCUT2D eigenvalue weighted by Crippen LogP contribution is -2.51. The molecule has 0 aromatic carbocycles. The van der Waals surface area contributed by atoms with E-state index in [1.54, 1.807) is 4.90 Å². The number of rotatable bonds is 9. The van der Waals surface area contributed by atoms with E-state index in [0.717, 1.165) is 0 Å². The Hall–Kier alpha value is -1.83. The topological polar surface area (TPSA) is 116 Å². The average molecular weight is 302 g/mol. The molecule has 0 spiro atoms. The molecule has 8 nitrogen and oxygen atoms in total. The van der Waals surface area contributed by atoms with Gasteiger partial charge in [-0.3, -0.25) is 4.79 Å². The number of aliphatic carboxylic acids is 1. The van der Waals surface area contributed by atoms with E-state index in [1.165, 1.54) is 0 Å². The van der Waals surface area contributed by atoms with E-state index in [0.29, 0.717) is 19.6 Å². The minimum absolute atomic E-state index is 0.248. The molecule has 122 valence electrons. The molecule has 0 unspecified atom stereocenters. The minimum atomic E-state index is -1.30. The summed E-state index contributed by atoms with van der Waals surface area (Å²) in [4.78, 5) is 37.5. The largest absolute Gasteiger partial charge is 0.480 e. The van der Waals surface area contributed by atoms with Gasteiger partial charge in [0.2, 0.25) is 5.91 Å². The van der Waals surface area contributed by atoms with Gasteiger partial charge in [0.15, 0.2) is 0 Å². The number of hydrogen-bond donors (Lipinski definition) is 3. The fourth-order valence-electron chi connectivity index (χ4n) is 1.68. The maximum Gasteiger partial charge on any atom is 0.326 e. The van der Waals surface area contributed by atoms with Crippen molar-refractivity contribution in [3.05, 3.63) is 0 Å². The maximum absolute atomic E-state index is 12.2. The number of primary amides is 1. The highest BCUT2D eigenvalue weighted by atomic mass is 16.4. The molecule has 1 atom stereocenters. The summed E-state index contributed by atoms with van der Waals surface area (Å²) in [5.41, 5.74) is 4.99. The van der Waals surface area contributed by atoms with Crippen molar-refractivity contribution >= 4 is 17.9 Å². The number of carboxylic acids is 1. The predicted molar refractivity (Wildman–Crippen MR) is 78.7 cm³/mol. The van der Waals surface area contributed by atoms with Crippen molar-refractivity contribution in [3.63, 3.8) is 0 Å². The highest BCUT2D eigenvalue weighted by molar-refractivity contribution is 5.87. The van der Waals surface area contributed by atoms with Crippen molar-refractivity contribution in [1.29, 1.82) is 0 Å². The van der Waals surface area contributed by atoms with Crippen molar-refractivity contribution in [2.45, 2.75) is 26.3 Å². The first-order chi connectivity index (χ1) is 9.63. The molecule has 0 aliphatic heterocycles. The molecule has 0 aliphatic rings. The third kappa shape index (κ3) is 8.85. The molecule has 8 heteroatoms. The van der Waals surface area contributed by atoms with E-state index in [2.05, 4.69) is 5.32 Å². The molecule has 0 aliphatic carbocycles. The summed E-state index contributed by atoms with van der Waals surface area (Å²) in [6.07, 6.45) is -0.426. The predicted octanol–water partition coefficient (Wildman–Crippen LogP) is -0.456. The van der Waals surface area contributed by atoms with Crippen LogP contribution in [0.5, 0.6) is 0 Å². The Morgan fingerprint density at radius 1 is 1.19 bits per heavy atom. The van der Waals surface area contributed by atoms with E-state index in [1.807, 2.05) is 32.8 Å². The zero-order chi connectivity index (χ0) is 16.6. The number of carboxylic acid groups (broad SMARTS) is 1. The zero-order valence-electron chi connectivity index (χ0n) is 13.1. The molecular formula is C13H26N4O4. The van der Waals surface area contributed by atoms with E-state index >= 15 is 0 Å². The molecule has 0 aromatic rings. The molecular weight excluding hydrogens is 276 g/mol. The Morgan fingerprint density at radius 3 is 2.14 bits per heavy atom. The molecule has 0 fully saturated rings. The number of nitrogens with zero attached hydrogens (tertiary/aromatic N) is 2. The van der Waals surface area contributed by atoms with Crippen LogP contribution in [0.3, 0.4) is 0 Å². The van der Waals surface area contributed by atoms with Crippen molar-refractivity contribution in [3.8, 4) is 0 Å². The Balaban J connectivity index is 4.75. The van der Waals surface area contributed by atoms with Crippen LogP contribution in [-0.2, 0) is 9.59 Å². The van der Waals surface area contributed by atoms with Crippen LogP contribution in [0.15, 0.2) is 0 Å². The summed E-state index contributed by atoms with van der Waals surface area (Å²) in [7, 11) is 3.78. The normalized spacial score (nSPS) is 12.3. The number of carbonyl (C=O) groups is 3. The lowest BCUT2D eigenvalue weighted by atomic mass is 10.2. The van der Waals surface area contributed by atoms with E-state index in [-0.39, 0.29) is 5.92 Å². The molecule has 21 heavy (non-hydrogen) atoms. The Kier molecular flexibility index (Phi) is 8.37. The van der Waals surface area contributed by atoms with Crippen LogP contribution in [0.1, 0.15) is 20.3 Å². The number of likely N-dealkylation sites (N-methyl/N-ethyl adjacent to an activating group) is 1. The number of hydrogen-bond acceptors (Lipinski definition) is 4. The monoisotopic (exact) mass is 302 g/mol. The van der Waals surface area contributed by atoms with Crippen molar-refractivity contribution in [2.24, 2.45) is 11.7 Å². The van der Waals surface area contributed by atoms with Crippen LogP contribution in [0.25, 0.3) is 0 Å². The van der Waals surface area contributed by atoms with Gasteiger partial charge in [0, 0.05) is 19.6 Å². The third-order valence-corrected chi connectivity index (χ3v) is 2.69. The summed E-state index contributed by atoms with van der Waals surface area (Å²) in [6.45, 7) is 5.57. The number of carbonyl (C=O) groups excluding carboxylic acids is 2. The second-order valence-corrected chi connectivity index (χ2v) is 5.65. The molecule has 0 radical (unpaired) electrons. The molecule has 3 amide bonds. The van der Waals surface area contributed by atoms with Crippen LogP contribution in [-0.4, -0.2) is 72.6 Å². The maximum atomic E-state index is 12.2. The highest BCUT2D eigenvalue weighted by Crippen LogP contribution is 2.02. The number of amides is 3. The van der Waals surface area contributed by atoms with Gasteiger partial charge in [0.05, 0.1) is 6.42 Å². The van der Waals surface area contributed by atoms with Crippen molar-refractivity contribution in [1.82, 2.24) is 15.1 Å². The highest BCUT2D eigenvalue weighted by Gasteiger charge is 2.25. The average Bonchev–Trinajstić information content (AvgIpc) is 2.32. The van der Waals surface area contributed by atoms with Gasteiger partial charge < -0.3 is 26.0 Å². The van der Waals surface area contributed by atoms with Crippen molar-refractivity contribution in [2.75, 3.05) is 33.7 Å².